The van der Waals surface area contributed by atoms with Crippen molar-refractivity contribution in [1.82, 2.24) is 5.32 Å². The molecular weight excluding hydrogens is 461 g/mol. The molecule has 0 unspecified atom stereocenters. The zero-order chi connectivity index (χ0) is 25.2. The van der Waals surface area contributed by atoms with Crippen LogP contribution < -0.4 is 10.1 Å². The number of dihydropyridines is 1. The Morgan fingerprint density at radius 1 is 1.08 bits per heavy atom. The molecule has 3 aromatic rings. The Morgan fingerprint density at radius 3 is 2.50 bits per heavy atom. The molecule has 184 valence electrons. The Kier molecular flexibility index (Phi) is 6.46. The molecule has 7 heteroatoms. The lowest BCUT2D eigenvalue weighted by molar-refractivity contribution is -0.140. The van der Waals surface area contributed by atoms with Crippen molar-refractivity contribution in [2.45, 2.75) is 38.2 Å². The molecule has 1 N–H and O–H groups in total. The van der Waals surface area contributed by atoms with E-state index in [2.05, 4.69) is 5.32 Å². The van der Waals surface area contributed by atoms with Crippen molar-refractivity contribution in [3.05, 3.63) is 112 Å². The van der Waals surface area contributed by atoms with Gasteiger partial charge in [-0.05, 0) is 66.8 Å². The number of nitrogens with one attached hydrogen (secondary N) is 1. The third-order valence-corrected chi connectivity index (χ3v) is 6.75. The molecule has 1 aliphatic carbocycles. The molecule has 2 heterocycles. The zero-order valence-corrected chi connectivity index (χ0v) is 20.0. The van der Waals surface area contributed by atoms with E-state index in [0.717, 1.165) is 16.8 Å². The van der Waals surface area contributed by atoms with Gasteiger partial charge in [0, 0.05) is 23.4 Å². The van der Waals surface area contributed by atoms with Gasteiger partial charge in [-0.2, -0.15) is 0 Å². The normalized spacial score (nSPS) is 19.6. The van der Waals surface area contributed by atoms with Crippen LogP contribution in [0.3, 0.4) is 0 Å². The first-order valence-corrected chi connectivity index (χ1v) is 11.8. The van der Waals surface area contributed by atoms with E-state index >= 15 is 0 Å². The maximum absolute atomic E-state index is 13.5. The monoisotopic (exact) mass is 487 g/mol. The molecule has 0 fully saturated rings. The summed E-state index contributed by atoms with van der Waals surface area (Å²) < 4.78 is 30.0. The molecule has 1 aliphatic heterocycles. The summed E-state index contributed by atoms with van der Waals surface area (Å²) in [6, 6.07) is 17.0. The van der Waals surface area contributed by atoms with Gasteiger partial charge in [0.1, 0.15) is 23.9 Å². The summed E-state index contributed by atoms with van der Waals surface area (Å²) in [6.07, 6.45) is 2.36. The highest BCUT2D eigenvalue weighted by Gasteiger charge is 2.42. The molecule has 5 rings (SSSR count). The van der Waals surface area contributed by atoms with Crippen LogP contribution >= 0.6 is 0 Å². The first-order chi connectivity index (χ1) is 17.4. The molecule has 6 nitrogen and oxygen atoms in total. The van der Waals surface area contributed by atoms with Crippen LogP contribution in [0.2, 0.25) is 0 Å². The maximum atomic E-state index is 13.5. The highest BCUT2D eigenvalue weighted by atomic mass is 19.1. The minimum atomic E-state index is -0.665. The van der Waals surface area contributed by atoms with Gasteiger partial charge in [0.25, 0.3) is 0 Å². The van der Waals surface area contributed by atoms with Crippen molar-refractivity contribution < 1.29 is 27.9 Å². The lowest BCUT2D eigenvalue weighted by Crippen LogP contribution is -2.36. The number of carbonyl (C=O) groups excluding carboxylic acids is 2. The average molecular weight is 488 g/mol. The Balaban J connectivity index is 1.43. The standard InChI is InChI=1S/C29H26FNO5/c1-17-26(29(33)36-16-18-5-11-22(34-2)12-6-18)28(25-4-3-13-35-25)27-23(31-17)14-20(15-24(27)32)19-7-9-21(30)10-8-19/h3-13,20,28,31H,14-16H2,1-2H3/t20-,28-/m0/s1. The fourth-order valence-electron chi connectivity index (χ4n) is 4.97. The molecule has 36 heavy (non-hydrogen) atoms. The van der Waals surface area contributed by atoms with E-state index in [-0.39, 0.29) is 30.5 Å². The molecule has 0 saturated carbocycles. The summed E-state index contributed by atoms with van der Waals surface area (Å²) in [7, 11) is 1.59. The summed E-state index contributed by atoms with van der Waals surface area (Å²) in [5.41, 5.74) is 3.96. The topological polar surface area (TPSA) is 77.8 Å². The Labute approximate surface area is 208 Å². The second-order valence-corrected chi connectivity index (χ2v) is 9.01. The highest BCUT2D eigenvalue weighted by Crippen LogP contribution is 2.45. The molecule has 0 amide bonds. The Morgan fingerprint density at radius 2 is 1.83 bits per heavy atom. The number of benzene rings is 2. The van der Waals surface area contributed by atoms with Crippen molar-refractivity contribution in [2.24, 2.45) is 0 Å². The number of ether oxygens (including phenoxy) is 2. The molecule has 0 saturated heterocycles. The van der Waals surface area contributed by atoms with E-state index in [1.54, 1.807) is 50.4 Å². The SMILES string of the molecule is COc1ccc(COC(=O)C2=C(C)NC3=C(C(=O)C[C@@H](c4ccc(F)cc4)C3)[C@H]2c2ccco2)cc1. The summed E-state index contributed by atoms with van der Waals surface area (Å²) in [6.45, 7) is 1.88. The van der Waals surface area contributed by atoms with Gasteiger partial charge < -0.3 is 19.2 Å². The van der Waals surface area contributed by atoms with E-state index in [4.69, 9.17) is 13.9 Å². The van der Waals surface area contributed by atoms with Crippen LogP contribution in [-0.4, -0.2) is 18.9 Å². The van der Waals surface area contributed by atoms with Gasteiger partial charge in [-0.25, -0.2) is 9.18 Å². The van der Waals surface area contributed by atoms with Crippen molar-refractivity contribution in [3.63, 3.8) is 0 Å². The minimum absolute atomic E-state index is 0.0765. The molecule has 1 aromatic heterocycles. The van der Waals surface area contributed by atoms with Gasteiger partial charge in [-0.15, -0.1) is 0 Å². The third-order valence-electron chi connectivity index (χ3n) is 6.75. The van der Waals surface area contributed by atoms with Crippen LogP contribution in [0.5, 0.6) is 5.75 Å². The van der Waals surface area contributed by atoms with Crippen LogP contribution in [-0.2, 0) is 20.9 Å². The number of ketones is 1. The van der Waals surface area contributed by atoms with Crippen molar-refractivity contribution in [2.75, 3.05) is 7.11 Å². The Bertz CT molecular complexity index is 1340. The van der Waals surface area contributed by atoms with Crippen molar-refractivity contribution in [3.8, 4) is 5.75 Å². The molecular formula is C29H26FNO5. The molecule has 0 bridgehead atoms. The smallest absolute Gasteiger partial charge is 0.337 e. The van der Waals surface area contributed by atoms with E-state index in [1.807, 2.05) is 12.1 Å². The van der Waals surface area contributed by atoms with Gasteiger partial charge in [0.2, 0.25) is 0 Å². The molecule has 0 spiro atoms. The molecule has 0 radical (unpaired) electrons. The minimum Gasteiger partial charge on any atom is -0.497 e. The van der Waals surface area contributed by atoms with Crippen LogP contribution in [0.25, 0.3) is 0 Å². The van der Waals surface area contributed by atoms with Crippen molar-refractivity contribution >= 4 is 11.8 Å². The van der Waals surface area contributed by atoms with Crippen LogP contribution in [0.15, 0.2) is 93.9 Å². The van der Waals surface area contributed by atoms with E-state index in [0.29, 0.717) is 34.8 Å². The fraction of sp³-hybridized carbons (Fsp3) is 0.241. The summed E-state index contributed by atoms with van der Waals surface area (Å²) >= 11 is 0. The van der Waals surface area contributed by atoms with E-state index in [1.165, 1.54) is 18.4 Å². The maximum Gasteiger partial charge on any atom is 0.337 e. The summed E-state index contributed by atoms with van der Waals surface area (Å²) in [5.74, 6) is -0.435. The van der Waals surface area contributed by atoms with E-state index in [9.17, 15) is 14.0 Å². The lowest BCUT2D eigenvalue weighted by Gasteiger charge is -2.35. The number of furan rings is 1. The Hall–Kier alpha value is -4.13. The average Bonchev–Trinajstić information content (AvgIpc) is 3.42. The largest absolute Gasteiger partial charge is 0.497 e. The fourth-order valence-corrected chi connectivity index (χ4v) is 4.97. The van der Waals surface area contributed by atoms with Crippen LogP contribution in [0.4, 0.5) is 4.39 Å². The van der Waals surface area contributed by atoms with Gasteiger partial charge in [0.15, 0.2) is 5.78 Å². The van der Waals surface area contributed by atoms with Gasteiger partial charge in [0.05, 0.1) is 24.9 Å². The third kappa shape index (κ3) is 4.56. The van der Waals surface area contributed by atoms with Gasteiger partial charge in [-0.3, -0.25) is 4.79 Å². The second kappa shape index (κ2) is 9.85. The number of rotatable bonds is 6. The number of allylic oxidation sites excluding steroid dienone is 3. The second-order valence-electron chi connectivity index (χ2n) is 9.01. The highest BCUT2D eigenvalue weighted by molar-refractivity contribution is 6.04. The molecule has 2 atom stereocenters. The first kappa shape index (κ1) is 23.6. The predicted octanol–water partition coefficient (Wildman–Crippen LogP) is 5.53. The summed E-state index contributed by atoms with van der Waals surface area (Å²) in [4.78, 5) is 26.9. The predicted molar refractivity (Wildman–Crippen MR) is 130 cm³/mol. The first-order valence-electron chi connectivity index (χ1n) is 11.8. The number of Topliss-reactive ketones (excluding diaryl/α,β-unsaturated/α-hetero) is 1. The van der Waals surface area contributed by atoms with Gasteiger partial charge in [-0.1, -0.05) is 24.3 Å². The van der Waals surface area contributed by atoms with Crippen LogP contribution in [0, 0.1) is 5.82 Å². The molecule has 2 aromatic carbocycles. The van der Waals surface area contributed by atoms with E-state index < -0.39 is 11.9 Å². The summed E-state index contributed by atoms with van der Waals surface area (Å²) in [5, 5.41) is 3.30. The number of methoxy groups -OCH3 is 1. The molecule has 2 aliphatic rings. The zero-order valence-electron chi connectivity index (χ0n) is 20.0. The number of hydrogen-bond acceptors (Lipinski definition) is 6. The number of esters is 1. The lowest BCUT2D eigenvalue weighted by atomic mass is 9.73. The van der Waals surface area contributed by atoms with Crippen molar-refractivity contribution in [1.29, 1.82) is 0 Å². The quantitative estimate of drug-likeness (QED) is 0.461. The van der Waals surface area contributed by atoms with Gasteiger partial charge >= 0.3 is 5.97 Å². The number of halogens is 1. The number of hydrogen-bond donors (Lipinski definition) is 1. The van der Waals surface area contributed by atoms with Crippen LogP contribution in [0.1, 0.15) is 48.5 Å². The number of carbonyl (C=O) groups is 2.